The fourth-order valence-corrected chi connectivity index (χ4v) is 7.46. The minimum atomic E-state index is -5.72. The second-order valence-corrected chi connectivity index (χ2v) is 13.9. The first kappa shape index (κ1) is 34.1. The fraction of sp³-hybridized carbons (Fsp3) is 0.474. The molecule has 3 aliphatic rings. The third-order valence-electron chi connectivity index (χ3n) is 6.29. The van der Waals surface area contributed by atoms with Gasteiger partial charge in [0.2, 0.25) is 0 Å². The summed E-state index contributed by atoms with van der Waals surface area (Å²) in [5.41, 5.74) is 20.4. The summed E-state index contributed by atoms with van der Waals surface area (Å²) in [5, 5.41) is 13.9. The van der Waals surface area contributed by atoms with Crippen molar-refractivity contribution in [2.75, 3.05) is 13.3 Å². The maximum absolute atomic E-state index is 12.9. The van der Waals surface area contributed by atoms with Gasteiger partial charge in [0.25, 0.3) is 0 Å². The molecule has 7 atom stereocenters. The zero-order valence-corrected chi connectivity index (χ0v) is 24.8. The van der Waals surface area contributed by atoms with Gasteiger partial charge in [0.1, 0.15) is 31.1 Å². The standard InChI is InChI=1S/C19H26N9O13P3/c20-12(16(30)10-1-3-11(4-2-10)26-27-22)6-19(21)17-18(23-8-25-19)28(9-24-17)15-5-13(29)14(39-15)7-38-43(34,35)41-44(36,37)40-42(31,32)33/h1-4,8,12-15,29H,5-7,9,20-21H2,(H,34,35)(H,36,37)(H2,31,32,33)/t12?,13-,14+,15+,19?/m0/s1. The van der Waals surface area contributed by atoms with Crippen LogP contribution in [0.3, 0.4) is 0 Å². The average Bonchev–Trinajstić information content (AvgIpc) is 3.49. The Labute approximate surface area is 247 Å². The maximum atomic E-state index is 12.9. The highest BCUT2D eigenvalue weighted by atomic mass is 31.3. The zero-order chi connectivity index (χ0) is 32.5. The lowest BCUT2D eigenvalue weighted by Gasteiger charge is -2.32. The lowest BCUT2D eigenvalue weighted by atomic mass is 9.91. The molecule has 44 heavy (non-hydrogen) atoms. The smallest absolute Gasteiger partial charge is 0.390 e. The molecule has 25 heteroatoms. The van der Waals surface area contributed by atoms with Gasteiger partial charge in [-0.1, -0.05) is 29.4 Å². The number of fused-ring (bicyclic) bond motifs is 1. The van der Waals surface area contributed by atoms with Crippen molar-refractivity contribution in [1.29, 1.82) is 0 Å². The third-order valence-corrected chi connectivity index (χ3v) is 10.1. The number of amidine groups is 1. The molecular formula is C19H26N9O13P3. The van der Waals surface area contributed by atoms with Crippen LogP contribution < -0.4 is 11.5 Å². The number of rotatable bonds is 13. The van der Waals surface area contributed by atoms with Crippen LogP contribution in [0.1, 0.15) is 23.2 Å². The van der Waals surface area contributed by atoms with Crippen LogP contribution >= 0.6 is 23.5 Å². The van der Waals surface area contributed by atoms with Gasteiger partial charge in [-0.3, -0.25) is 14.3 Å². The first-order valence-corrected chi connectivity index (χ1v) is 16.7. The van der Waals surface area contributed by atoms with Crippen LogP contribution in [0.25, 0.3) is 10.4 Å². The molecule has 3 aliphatic heterocycles. The Morgan fingerprint density at radius 2 is 1.89 bits per heavy atom. The summed E-state index contributed by atoms with van der Waals surface area (Å²) in [6.45, 7) is -0.932. The van der Waals surface area contributed by atoms with Gasteiger partial charge >= 0.3 is 23.5 Å². The molecule has 22 nitrogen and oxygen atoms in total. The number of nitrogens with zero attached hydrogens (tertiary/aromatic N) is 7. The van der Waals surface area contributed by atoms with E-state index in [2.05, 4.69) is 38.1 Å². The number of ketones is 1. The maximum Gasteiger partial charge on any atom is 0.490 e. The molecule has 0 spiro atoms. The number of carbonyl (C=O) groups is 1. The molecule has 4 rings (SSSR count). The summed E-state index contributed by atoms with van der Waals surface area (Å²) in [6.07, 6.45) is -2.64. The molecule has 1 saturated heterocycles. The highest BCUT2D eigenvalue weighted by Gasteiger charge is 2.48. The zero-order valence-electron chi connectivity index (χ0n) is 22.2. The summed E-state index contributed by atoms with van der Waals surface area (Å²) in [6, 6.07) is 4.68. The second-order valence-electron chi connectivity index (χ2n) is 9.47. The van der Waals surface area contributed by atoms with E-state index < -0.39 is 66.0 Å². The number of aliphatic imine (C=N–C) groups is 3. The van der Waals surface area contributed by atoms with E-state index in [0.717, 1.165) is 6.34 Å². The summed E-state index contributed by atoms with van der Waals surface area (Å²) < 4.78 is 51.9. The van der Waals surface area contributed by atoms with Crippen LogP contribution in [0.15, 0.2) is 44.4 Å². The molecule has 0 aliphatic carbocycles. The van der Waals surface area contributed by atoms with E-state index in [1.807, 2.05) is 0 Å². The quantitative estimate of drug-likeness (QED) is 0.0479. The number of phosphoric acid groups is 3. The largest absolute Gasteiger partial charge is 0.490 e. The van der Waals surface area contributed by atoms with Crippen molar-refractivity contribution >= 4 is 52.8 Å². The van der Waals surface area contributed by atoms with Crippen molar-refractivity contribution in [2.45, 2.75) is 43.0 Å². The van der Waals surface area contributed by atoms with E-state index in [9.17, 15) is 33.4 Å². The van der Waals surface area contributed by atoms with E-state index >= 15 is 0 Å². The van der Waals surface area contributed by atoms with Crippen LogP contribution in [-0.4, -0.2) is 96.7 Å². The number of aliphatic hydroxyl groups excluding tert-OH is 1. The van der Waals surface area contributed by atoms with Crippen LogP contribution in [0, 0.1) is 0 Å². The number of benzene rings is 1. The Balaban J connectivity index is 1.36. The number of carbonyl (C=O) groups excluding carboxylic acids is 1. The second kappa shape index (κ2) is 12.9. The van der Waals surface area contributed by atoms with E-state index in [4.69, 9.17) is 31.5 Å². The van der Waals surface area contributed by atoms with Gasteiger partial charge in [0, 0.05) is 29.0 Å². The van der Waals surface area contributed by atoms with Crippen LogP contribution in [0.5, 0.6) is 0 Å². The minimum absolute atomic E-state index is 0.0689. The van der Waals surface area contributed by atoms with Gasteiger partial charge in [0.15, 0.2) is 17.3 Å². The Hall–Kier alpha value is -2.74. The molecule has 0 saturated carbocycles. The highest BCUT2D eigenvalue weighted by Crippen LogP contribution is 2.66. The van der Waals surface area contributed by atoms with Crippen molar-refractivity contribution < 1.29 is 61.1 Å². The Morgan fingerprint density at radius 1 is 1.20 bits per heavy atom. The van der Waals surface area contributed by atoms with Crippen LogP contribution in [0.2, 0.25) is 0 Å². The molecule has 1 aromatic carbocycles. The highest BCUT2D eigenvalue weighted by molar-refractivity contribution is 7.66. The summed E-state index contributed by atoms with van der Waals surface area (Å²) >= 11 is 0. The van der Waals surface area contributed by atoms with Crippen molar-refractivity contribution in [1.82, 2.24) is 4.90 Å². The normalized spacial score (nSPS) is 28.2. The molecule has 0 bridgehead atoms. The molecule has 9 N–H and O–H groups in total. The predicted molar refractivity (Wildman–Crippen MR) is 148 cm³/mol. The fourth-order valence-electron chi connectivity index (χ4n) is 4.43. The summed E-state index contributed by atoms with van der Waals surface area (Å²) in [7, 11) is -16.7. The molecule has 0 radical (unpaired) electrons. The summed E-state index contributed by atoms with van der Waals surface area (Å²) in [4.78, 5) is 66.1. The molecular weight excluding hydrogens is 655 g/mol. The van der Waals surface area contributed by atoms with Gasteiger partial charge in [-0.2, -0.15) is 8.62 Å². The number of phosphoric ester groups is 1. The van der Waals surface area contributed by atoms with Crippen molar-refractivity contribution in [3.05, 3.63) is 40.3 Å². The molecule has 1 fully saturated rings. The monoisotopic (exact) mass is 681 g/mol. The molecule has 240 valence electrons. The lowest BCUT2D eigenvalue weighted by Crippen LogP contribution is -2.57. The molecule has 0 amide bonds. The van der Waals surface area contributed by atoms with Crippen molar-refractivity contribution in [2.24, 2.45) is 31.6 Å². The van der Waals surface area contributed by atoms with Gasteiger partial charge in [-0.05, 0) is 5.53 Å². The van der Waals surface area contributed by atoms with E-state index in [0.29, 0.717) is 5.69 Å². The van der Waals surface area contributed by atoms with E-state index in [1.165, 1.54) is 29.2 Å². The SMILES string of the molecule is [N-]=[N+]=Nc1ccc(C(=O)C(N)CC2(N)N=CN=C3C2=NCN3[C@H]2C[C@H](O)[C@@H](COP(=O)(O)OP(=O)(O)OP(=O)(O)O)O2)cc1. The van der Waals surface area contributed by atoms with E-state index in [-0.39, 0.29) is 36.6 Å². The Bertz CT molecular complexity index is 1580. The Morgan fingerprint density at radius 3 is 2.52 bits per heavy atom. The lowest BCUT2D eigenvalue weighted by molar-refractivity contribution is -0.0550. The number of hydrogen-bond donors (Lipinski definition) is 7. The Kier molecular flexibility index (Phi) is 10.0. The minimum Gasteiger partial charge on any atom is -0.390 e. The molecule has 1 aromatic rings. The first-order valence-electron chi connectivity index (χ1n) is 12.2. The first-order chi connectivity index (χ1) is 20.4. The van der Waals surface area contributed by atoms with Crippen molar-refractivity contribution in [3.63, 3.8) is 0 Å². The number of Topliss-reactive ketones (excluding diaryl/α,β-unsaturated/α-hetero) is 1. The summed E-state index contributed by atoms with van der Waals surface area (Å²) in [5.74, 6) is -0.260. The van der Waals surface area contributed by atoms with Gasteiger partial charge in [0.05, 0.1) is 18.8 Å². The number of aliphatic hydroxyl groups is 1. The van der Waals surface area contributed by atoms with E-state index in [1.54, 1.807) is 0 Å². The molecule has 4 unspecified atom stereocenters. The number of nitrogens with two attached hydrogens (primary N) is 2. The van der Waals surface area contributed by atoms with Gasteiger partial charge < -0.3 is 45.8 Å². The van der Waals surface area contributed by atoms with Crippen molar-refractivity contribution in [3.8, 4) is 0 Å². The number of hydrogen-bond acceptors (Lipinski definition) is 16. The van der Waals surface area contributed by atoms with Crippen LogP contribution in [-0.2, 0) is 31.6 Å². The third kappa shape index (κ3) is 8.29. The average molecular weight is 681 g/mol. The topological polar surface area (TPSA) is 347 Å². The number of azide groups is 1. The van der Waals surface area contributed by atoms with Gasteiger partial charge in [-0.15, -0.1) is 0 Å². The van der Waals surface area contributed by atoms with Crippen LogP contribution in [0.4, 0.5) is 5.69 Å². The molecule has 0 aromatic heterocycles. The van der Waals surface area contributed by atoms with Gasteiger partial charge in [-0.25, -0.2) is 23.7 Å². The number of ether oxygens (including phenoxy) is 1. The molecule has 3 heterocycles. The predicted octanol–water partition coefficient (Wildman–Crippen LogP) is 0.157.